The van der Waals surface area contributed by atoms with Crippen molar-refractivity contribution < 1.29 is 71.3 Å². The van der Waals surface area contributed by atoms with E-state index < -0.39 is 66.8 Å². The van der Waals surface area contributed by atoms with Crippen molar-refractivity contribution in [1.82, 2.24) is 9.21 Å². The lowest BCUT2D eigenvalue weighted by Crippen LogP contribution is -2.45. The first-order valence-corrected chi connectivity index (χ1v) is 34.3. The van der Waals surface area contributed by atoms with Crippen LogP contribution in [0.5, 0.6) is 0 Å². The van der Waals surface area contributed by atoms with Gasteiger partial charge in [-0.15, -0.1) is 0 Å². The number of allylic oxidation sites excluding steroid dienone is 6. The number of fused-ring (bicyclic) bond motifs is 6. The molecule has 1 saturated heterocycles. The maximum absolute atomic E-state index is 14.6. The van der Waals surface area contributed by atoms with E-state index in [1.54, 1.807) is 54.6 Å². The summed E-state index contributed by atoms with van der Waals surface area (Å²) in [5.41, 5.74) is 4.15. The highest BCUT2D eigenvalue weighted by atomic mass is 32.2. The Morgan fingerprint density at radius 1 is 0.694 bits per heavy atom. The maximum atomic E-state index is 14.6. The van der Waals surface area contributed by atoms with Gasteiger partial charge in [0.2, 0.25) is 21.6 Å². The van der Waals surface area contributed by atoms with Crippen molar-refractivity contribution in [2.24, 2.45) is 0 Å². The molecule has 1 amide bonds. The van der Waals surface area contributed by atoms with Gasteiger partial charge in [0.25, 0.3) is 0 Å². The summed E-state index contributed by atoms with van der Waals surface area (Å²) in [5.74, 6) is -0.345. The summed E-state index contributed by atoms with van der Waals surface area (Å²) >= 11 is 0.780. The minimum Gasteiger partial charge on any atom is -0.748 e. The molecule has 0 N–H and O–H groups in total. The highest BCUT2D eigenvalue weighted by Crippen LogP contribution is 2.52. The summed E-state index contributed by atoms with van der Waals surface area (Å²) in [6, 6.07) is 34.0. The SMILES string of the molecule is CN(CCCC(=O)N1CCC(c2ccccc2)(c2ccccc2)CC1)S(=O)(=O)c1cccc2c3c(ccc12)N(CCCS(=O)(=O)[O-])C(=CC=CC=CC1=[N+](CCCSOO[O-])c2ccc4c(S(=O)(=O)[O-])cc(S(=O)(=O)[O-])cc4c2C1(C)C)C3(C)C. The standard InChI is InChI=1S/C61H68N4O15S5/c1-59(2)54(25-13-8-14-26-55-60(3,4)58-49-41-45(84(73,74)75)42-53(85(76,77)78)47(49)29-31-51(58)64(55)35-17-39-81-80-79-67)65(36-18-40-82(68,69)70)50-30-28-46-48(57(50)59)23-15-24-52(46)83(71,72)62(5)34-16-27-56(66)63-37-32-61(33-38-63,43-19-9-6-10-20-43)44-21-11-7-12-22-44/h6-15,19-26,28-31,41-42H,16-18,27,32-40H2,1-5H3,(H3-,67,68,69,70,73,74,75,76,77,78)/p-3. The van der Waals surface area contributed by atoms with E-state index in [9.17, 15) is 57.4 Å². The van der Waals surface area contributed by atoms with Gasteiger partial charge >= 0.3 is 0 Å². The zero-order valence-corrected chi connectivity index (χ0v) is 51.6. The van der Waals surface area contributed by atoms with E-state index in [2.05, 4.69) is 33.6 Å². The van der Waals surface area contributed by atoms with E-state index in [1.165, 1.54) is 28.5 Å². The average molecular weight is 1250 g/mol. The average Bonchev–Trinajstić information content (AvgIpc) is 1.78. The fourth-order valence-electron chi connectivity index (χ4n) is 12.7. The van der Waals surface area contributed by atoms with Gasteiger partial charge in [-0.2, -0.15) is 8.91 Å². The minimum atomic E-state index is -5.27. The van der Waals surface area contributed by atoms with E-state index in [1.807, 2.05) is 90.6 Å². The Bertz CT molecular complexity index is 4100. The molecule has 85 heavy (non-hydrogen) atoms. The molecule has 0 saturated carbocycles. The Morgan fingerprint density at radius 3 is 1.96 bits per heavy atom. The Morgan fingerprint density at radius 2 is 1.34 bits per heavy atom. The quantitative estimate of drug-likeness (QED) is 0.0111. The molecule has 0 aliphatic carbocycles. The summed E-state index contributed by atoms with van der Waals surface area (Å²) in [6.07, 6.45) is 11.3. The topological polar surface area (TPSA) is 277 Å². The van der Waals surface area contributed by atoms with Crippen LogP contribution < -0.4 is 10.2 Å². The lowest BCUT2D eigenvalue weighted by atomic mass is 9.68. The molecule has 1 fully saturated rings. The van der Waals surface area contributed by atoms with Crippen molar-refractivity contribution in [3.63, 3.8) is 0 Å². The van der Waals surface area contributed by atoms with E-state index in [0.29, 0.717) is 83.4 Å². The number of carbonyl (C=O) groups is 1. The molecule has 452 valence electrons. The molecule has 0 unspecified atom stereocenters. The molecule has 0 spiro atoms. The fourth-order valence-corrected chi connectivity index (χ4v) is 16.2. The highest BCUT2D eigenvalue weighted by Gasteiger charge is 2.47. The summed E-state index contributed by atoms with van der Waals surface area (Å²) in [4.78, 5) is 15.9. The van der Waals surface area contributed by atoms with Crippen LogP contribution in [0.25, 0.3) is 21.5 Å². The largest absolute Gasteiger partial charge is 0.748 e. The van der Waals surface area contributed by atoms with Crippen LogP contribution in [0.2, 0.25) is 0 Å². The third-order valence-corrected chi connectivity index (χ3v) is 21.7. The molecule has 3 aliphatic heterocycles. The Kier molecular flexibility index (Phi) is 18.6. The predicted molar refractivity (Wildman–Crippen MR) is 320 cm³/mol. The van der Waals surface area contributed by atoms with Crippen molar-refractivity contribution >= 4 is 97.0 Å². The molecule has 0 radical (unpaired) electrons. The van der Waals surface area contributed by atoms with E-state index in [4.69, 9.17) is 0 Å². The second kappa shape index (κ2) is 24.9. The Labute approximate surface area is 501 Å². The van der Waals surface area contributed by atoms with Gasteiger partial charge in [0.15, 0.2) is 5.71 Å². The first-order chi connectivity index (χ1) is 40.1. The number of sulfonamides is 1. The van der Waals surface area contributed by atoms with Gasteiger partial charge in [-0.1, -0.05) is 111 Å². The minimum absolute atomic E-state index is 0.0144. The number of nitrogens with zero attached hydrogens (tertiary/aromatic N) is 4. The number of carbonyl (C=O) groups excluding carboxylic acids is 1. The molecule has 0 bridgehead atoms. The van der Waals surface area contributed by atoms with Gasteiger partial charge in [-0.05, 0) is 103 Å². The van der Waals surface area contributed by atoms with Crippen LogP contribution in [0.1, 0.15) is 88.5 Å². The number of hydrogen-bond donors (Lipinski definition) is 0. The molecule has 3 aliphatic rings. The number of hydrogen-bond acceptors (Lipinski definition) is 17. The number of piperidine rings is 1. The van der Waals surface area contributed by atoms with Crippen molar-refractivity contribution in [2.45, 2.75) is 97.2 Å². The zero-order valence-electron chi connectivity index (χ0n) is 47.5. The molecular weight excluding hydrogens is 1190 g/mol. The van der Waals surface area contributed by atoms with E-state index in [-0.39, 0.29) is 52.9 Å². The second-order valence-corrected chi connectivity index (χ2v) is 29.5. The normalized spacial score (nSPS) is 17.6. The molecule has 6 aromatic rings. The third-order valence-electron chi connectivity index (χ3n) is 16.7. The molecule has 0 aromatic heterocycles. The molecular formula is C61H65N4O15S5-3. The first-order valence-electron chi connectivity index (χ1n) is 27.6. The predicted octanol–water partition coefficient (Wildman–Crippen LogP) is 8.18. The summed E-state index contributed by atoms with van der Waals surface area (Å²) in [6.45, 7) is 9.23. The third kappa shape index (κ3) is 13.0. The Hall–Kier alpha value is -6.13. The monoisotopic (exact) mass is 1250 g/mol. The van der Waals surface area contributed by atoms with Crippen LogP contribution in [0, 0.1) is 0 Å². The zero-order chi connectivity index (χ0) is 61.3. The number of amides is 1. The number of anilines is 1. The van der Waals surface area contributed by atoms with E-state index in [0.717, 1.165) is 36.5 Å². The second-order valence-electron chi connectivity index (χ2n) is 22.5. The van der Waals surface area contributed by atoms with Crippen molar-refractivity contribution in [3.8, 4) is 0 Å². The van der Waals surface area contributed by atoms with Crippen molar-refractivity contribution in [3.05, 3.63) is 174 Å². The van der Waals surface area contributed by atoms with Crippen molar-refractivity contribution in [1.29, 1.82) is 0 Å². The molecule has 19 nitrogen and oxygen atoms in total. The molecule has 9 rings (SSSR count). The van der Waals surface area contributed by atoms with E-state index >= 15 is 0 Å². The Balaban J connectivity index is 0.972. The first kappa shape index (κ1) is 63.4. The van der Waals surface area contributed by atoms with Crippen LogP contribution in [0.15, 0.2) is 166 Å². The van der Waals surface area contributed by atoms with Crippen LogP contribution in [0.4, 0.5) is 11.4 Å². The number of likely N-dealkylation sites (tertiary alicyclic amines) is 1. The smallest absolute Gasteiger partial charge is 0.243 e. The molecule has 3 heterocycles. The van der Waals surface area contributed by atoms with Crippen molar-refractivity contribution in [2.75, 3.05) is 56.2 Å². The van der Waals surface area contributed by atoms with Crippen LogP contribution >= 0.6 is 12.0 Å². The number of benzene rings is 6. The van der Waals surface area contributed by atoms with Gasteiger partial charge in [0, 0.05) is 120 Å². The van der Waals surface area contributed by atoms with Gasteiger partial charge in [0.05, 0.1) is 30.2 Å². The lowest BCUT2D eigenvalue weighted by Gasteiger charge is -2.43. The van der Waals surface area contributed by atoms with Crippen LogP contribution in [-0.4, -0.2) is 124 Å². The molecule has 24 heteroatoms. The fraction of sp³-hybridized carbons (Fsp3) is 0.344. The number of rotatable bonds is 23. The summed E-state index contributed by atoms with van der Waals surface area (Å²) < 4.78 is 147. The highest BCUT2D eigenvalue weighted by molar-refractivity contribution is 7.94. The summed E-state index contributed by atoms with van der Waals surface area (Å²) in [7, 11) is -17.7. The van der Waals surface area contributed by atoms with Gasteiger partial charge in [-0.25, -0.2) is 38.0 Å². The maximum Gasteiger partial charge on any atom is 0.243 e. The molecule has 6 aromatic carbocycles. The van der Waals surface area contributed by atoms with Crippen LogP contribution in [0.3, 0.4) is 0 Å². The van der Waals surface area contributed by atoms with Gasteiger partial charge in [-0.3, -0.25) is 9.83 Å². The lowest BCUT2D eigenvalue weighted by molar-refractivity contribution is -0.777. The van der Waals surface area contributed by atoms with Gasteiger partial charge < -0.3 is 28.7 Å². The molecule has 0 atom stereocenters. The summed E-state index contributed by atoms with van der Waals surface area (Å²) in [5, 5.41) is 15.1. The van der Waals surface area contributed by atoms with Crippen LogP contribution in [-0.2, 0) is 70.8 Å². The van der Waals surface area contributed by atoms with Gasteiger partial charge in [0.1, 0.15) is 26.8 Å².